The number of hydrogen-bond donors (Lipinski definition) is 1. The number of hydrogen-bond acceptors (Lipinski definition) is 6. The number of carbonyl (C=O) groups excluding carboxylic acids is 2. The lowest BCUT2D eigenvalue weighted by Crippen LogP contribution is -2.48. The second-order valence-corrected chi connectivity index (χ2v) is 9.99. The monoisotopic (exact) mass is 506 g/mol. The summed E-state index contributed by atoms with van der Waals surface area (Å²) in [6.07, 6.45) is 2.48. The Labute approximate surface area is 201 Å². The zero-order chi connectivity index (χ0) is 24.4. The van der Waals surface area contributed by atoms with Gasteiger partial charge in [-0.05, 0) is 47.2 Å². The number of primary amides is 1. The molecule has 0 spiro atoms. The van der Waals surface area contributed by atoms with Crippen molar-refractivity contribution < 1.29 is 22.2 Å². The lowest BCUT2D eigenvalue weighted by Gasteiger charge is -2.43. The van der Waals surface area contributed by atoms with E-state index in [4.69, 9.17) is 33.1 Å². The summed E-state index contributed by atoms with van der Waals surface area (Å²) in [6, 6.07) is 13.1. The fourth-order valence-electron chi connectivity index (χ4n) is 4.29. The first kappa shape index (κ1) is 24.9. The quantitative estimate of drug-likeness (QED) is 0.326. The van der Waals surface area contributed by atoms with Crippen molar-refractivity contribution in [3.8, 4) is 6.07 Å². The van der Waals surface area contributed by atoms with Gasteiger partial charge in [0.1, 0.15) is 12.2 Å². The zero-order valence-electron chi connectivity index (χ0n) is 17.5. The Morgan fingerprint density at radius 1 is 1.24 bits per heavy atom. The number of rotatable bonds is 8. The second-order valence-electron chi connectivity index (χ2n) is 7.60. The molecule has 7 nitrogen and oxygen atoms in total. The fourth-order valence-corrected chi connectivity index (χ4v) is 5.34. The third-order valence-electron chi connectivity index (χ3n) is 5.45. The van der Waals surface area contributed by atoms with Gasteiger partial charge in [0.25, 0.3) is 10.1 Å². The molecule has 33 heavy (non-hydrogen) atoms. The molecule has 10 heteroatoms. The molecule has 1 unspecified atom stereocenters. The zero-order valence-corrected chi connectivity index (χ0v) is 19.9. The molecular weight excluding hydrogens is 487 g/mol. The van der Waals surface area contributed by atoms with Crippen molar-refractivity contribution in [1.82, 2.24) is 0 Å². The van der Waals surface area contributed by atoms with Crippen molar-refractivity contribution in [1.29, 1.82) is 5.26 Å². The third-order valence-corrected chi connectivity index (χ3v) is 6.76. The summed E-state index contributed by atoms with van der Waals surface area (Å²) in [5, 5.41) is 10.6. The highest BCUT2D eigenvalue weighted by Gasteiger charge is 2.56. The summed E-state index contributed by atoms with van der Waals surface area (Å²) in [5.74, 6) is -2.26. The minimum absolute atomic E-state index is 0.0764. The molecule has 0 aliphatic heterocycles. The van der Waals surface area contributed by atoms with Gasteiger partial charge in [0.05, 0.1) is 27.9 Å². The molecule has 0 heterocycles. The van der Waals surface area contributed by atoms with E-state index in [-0.39, 0.29) is 34.0 Å². The molecule has 2 atom stereocenters. The maximum Gasteiger partial charge on any atom is 0.265 e. The van der Waals surface area contributed by atoms with Crippen molar-refractivity contribution in [2.75, 3.05) is 6.26 Å². The first-order valence-corrected chi connectivity index (χ1v) is 12.5. The van der Waals surface area contributed by atoms with Crippen LogP contribution in [0.25, 0.3) is 5.57 Å². The van der Waals surface area contributed by atoms with Gasteiger partial charge in [-0.25, -0.2) is 0 Å². The molecule has 2 N–H and O–H groups in total. The van der Waals surface area contributed by atoms with Gasteiger partial charge in [-0.1, -0.05) is 53.5 Å². The molecule has 0 aromatic heterocycles. The van der Waals surface area contributed by atoms with Gasteiger partial charge in [0.2, 0.25) is 5.91 Å². The molecule has 0 bridgehead atoms. The van der Waals surface area contributed by atoms with Gasteiger partial charge in [-0.15, -0.1) is 0 Å². The summed E-state index contributed by atoms with van der Waals surface area (Å²) in [5.41, 5.74) is 5.16. The highest BCUT2D eigenvalue weighted by molar-refractivity contribution is 7.86. The highest BCUT2D eigenvalue weighted by Crippen LogP contribution is 2.55. The van der Waals surface area contributed by atoms with Gasteiger partial charge >= 0.3 is 0 Å². The Kier molecular flexibility index (Phi) is 7.29. The van der Waals surface area contributed by atoms with Crippen LogP contribution in [0.2, 0.25) is 10.0 Å². The Balaban J connectivity index is 2.51. The van der Waals surface area contributed by atoms with Crippen LogP contribution in [0.1, 0.15) is 41.9 Å². The molecule has 0 fully saturated rings. The molecule has 2 aromatic rings. The molecule has 0 saturated carbocycles. The number of nitriles is 1. The number of halogens is 2. The van der Waals surface area contributed by atoms with E-state index in [1.54, 1.807) is 24.3 Å². The van der Waals surface area contributed by atoms with Crippen LogP contribution in [0, 0.1) is 11.3 Å². The Bertz CT molecular complexity index is 1300. The maximum absolute atomic E-state index is 12.9. The van der Waals surface area contributed by atoms with E-state index in [1.807, 2.05) is 0 Å². The van der Waals surface area contributed by atoms with Crippen LogP contribution in [-0.4, -0.2) is 26.9 Å². The lowest BCUT2D eigenvalue weighted by atomic mass is 9.65. The Hall–Kier alpha value is -2.70. The van der Waals surface area contributed by atoms with Crippen molar-refractivity contribution >= 4 is 51.1 Å². The second kappa shape index (κ2) is 9.65. The lowest BCUT2D eigenvalue weighted by molar-refractivity contribution is -0.123. The van der Waals surface area contributed by atoms with Crippen LogP contribution in [-0.2, 0) is 29.5 Å². The molecular formula is C23H20Cl2N2O5S. The van der Waals surface area contributed by atoms with Crippen molar-refractivity contribution in [2.24, 2.45) is 5.73 Å². The maximum atomic E-state index is 12.9. The average molecular weight is 507 g/mol. The van der Waals surface area contributed by atoms with Gasteiger partial charge in [-0.2, -0.15) is 13.7 Å². The van der Waals surface area contributed by atoms with Crippen molar-refractivity contribution in [2.45, 2.75) is 30.8 Å². The van der Waals surface area contributed by atoms with Crippen LogP contribution >= 0.6 is 23.2 Å². The molecule has 0 radical (unpaired) electrons. The van der Waals surface area contributed by atoms with E-state index >= 15 is 0 Å². The summed E-state index contributed by atoms with van der Waals surface area (Å²) in [6.45, 7) is 0. The standard InChI is InChI=1S/C23H20Cl2N2O5S/c1-33(30,31)32-23(14-9-10-19(24)20(25)12-14)18(13-26)16(7-4-5-11-28)15-6-2-3-8-17(15)21(23)22(27)29/h2-3,6,8-12,21H,4-5,7H2,1H3,(H2,27,29)/t21?,23-/m0/s1. The molecule has 1 aliphatic carbocycles. The number of aldehydes is 1. The fraction of sp³-hybridized carbons (Fsp3) is 0.261. The number of fused-ring (bicyclic) bond motifs is 1. The normalized spacial score (nSPS) is 20.1. The summed E-state index contributed by atoms with van der Waals surface area (Å²) in [7, 11) is -4.24. The van der Waals surface area contributed by atoms with Crippen LogP contribution in [0.4, 0.5) is 0 Å². The molecule has 1 aliphatic rings. The highest BCUT2D eigenvalue weighted by atomic mass is 35.5. The van der Waals surface area contributed by atoms with Crippen LogP contribution < -0.4 is 5.73 Å². The topological polar surface area (TPSA) is 127 Å². The van der Waals surface area contributed by atoms with E-state index in [1.165, 1.54) is 18.2 Å². The first-order chi connectivity index (χ1) is 15.6. The van der Waals surface area contributed by atoms with E-state index in [9.17, 15) is 23.3 Å². The van der Waals surface area contributed by atoms with Gasteiger partial charge in [-0.3, -0.25) is 8.98 Å². The number of amides is 1. The van der Waals surface area contributed by atoms with Crippen LogP contribution in [0.5, 0.6) is 0 Å². The number of nitrogens with two attached hydrogens (primary N) is 1. The number of nitrogens with zero attached hydrogens (tertiary/aromatic N) is 1. The molecule has 3 rings (SSSR count). The number of unbranched alkanes of at least 4 members (excludes halogenated alkanes) is 1. The number of benzene rings is 2. The molecule has 2 aromatic carbocycles. The minimum atomic E-state index is -4.24. The third kappa shape index (κ3) is 4.68. The predicted molar refractivity (Wildman–Crippen MR) is 125 cm³/mol. The largest absolute Gasteiger partial charge is 0.369 e. The summed E-state index contributed by atoms with van der Waals surface area (Å²) >= 11 is 12.3. The smallest absolute Gasteiger partial charge is 0.265 e. The average Bonchev–Trinajstić information content (AvgIpc) is 2.74. The molecule has 172 valence electrons. The van der Waals surface area contributed by atoms with Crippen LogP contribution in [0.3, 0.4) is 0 Å². The van der Waals surface area contributed by atoms with E-state index in [2.05, 4.69) is 6.07 Å². The number of allylic oxidation sites excluding steroid dienone is 1. The first-order valence-electron chi connectivity index (χ1n) is 9.89. The minimum Gasteiger partial charge on any atom is -0.369 e. The van der Waals surface area contributed by atoms with E-state index in [0.29, 0.717) is 23.1 Å². The van der Waals surface area contributed by atoms with E-state index < -0.39 is 27.5 Å². The Morgan fingerprint density at radius 2 is 1.94 bits per heavy atom. The van der Waals surface area contributed by atoms with Gasteiger partial charge in [0, 0.05) is 6.42 Å². The molecule has 1 amide bonds. The van der Waals surface area contributed by atoms with Crippen LogP contribution in [0.15, 0.2) is 48.0 Å². The SMILES string of the molecule is CS(=O)(=O)O[C@@]1(c2ccc(Cl)c(Cl)c2)C(C#N)=C(CCCC=O)c2ccccc2C1C(N)=O. The van der Waals surface area contributed by atoms with Crippen molar-refractivity contribution in [3.05, 3.63) is 74.8 Å². The van der Waals surface area contributed by atoms with Crippen molar-refractivity contribution in [3.63, 3.8) is 0 Å². The van der Waals surface area contributed by atoms with Gasteiger partial charge < -0.3 is 10.5 Å². The van der Waals surface area contributed by atoms with E-state index in [0.717, 1.165) is 12.5 Å². The van der Waals surface area contributed by atoms with Gasteiger partial charge in [0.15, 0.2) is 5.60 Å². The molecule has 0 saturated heterocycles. The summed E-state index contributed by atoms with van der Waals surface area (Å²) < 4.78 is 30.7. The Morgan fingerprint density at radius 3 is 2.52 bits per heavy atom. The predicted octanol–water partition coefficient (Wildman–Crippen LogP) is 4.09. The number of carbonyl (C=O) groups is 2. The summed E-state index contributed by atoms with van der Waals surface area (Å²) in [4.78, 5) is 23.8.